The summed E-state index contributed by atoms with van der Waals surface area (Å²) < 4.78 is 36.5. The maximum atomic E-state index is 12.6. The molecule has 8 heteroatoms. The van der Waals surface area contributed by atoms with Crippen molar-refractivity contribution in [2.24, 2.45) is 0 Å². The van der Waals surface area contributed by atoms with Gasteiger partial charge in [-0.1, -0.05) is 43.7 Å². The molecule has 7 nitrogen and oxygen atoms in total. The molecule has 176 valence electrons. The van der Waals surface area contributed by atoms with Gasteiger partial charge in [0.1, 0.15) is 17.3 Å². The molecule has 1 amide bonds. The molecule has 0 aliphatic rings. The second-order valence-electron chi connectivity index (χ2n) is 7.99. The van der Waals surface area contributed by atoms with Crippen molar-refractivity contribution in [3.05, 3.63) is 71.1 Å². The zero-order valence-electron chi connectivity index (χ0n) is 19.3. The standard InChI is InChI=1S/C25H30N2O5S/c1-4-5-14-31-21-12-10-20(11-13-21)15-26-24(28)17-33(29,30)16-23-19(3)32-25(27-23)22-9-7-6-8-18(22)2/h6-13H,4-5,14-17H2,1-3H3,(H,26,28). The molecule has 1 aromatic heterocycles. The molecule has 0 saturated carbocycles. The van der Waals surface area contributed by atoms with Gasteiger partial charge in [-0.05, 0) is 49.6 Å². The van der Waals surface area contributed by atoms with Crippen LogP contribution in [0.5, 0.6) is 5.75 Å². The van der Waals surface area contributed by atoms with Gasteiger partial charge < -0.3 is 14.5 Å². The largest absolute Gasteiger partial charge is 0.494 e. The number of rotatable bonds is 11. The van der Waals surface area contributed by atoms with Crippen molar-refractivity contribution < 1.29 is 22.4 Å². The van der Waals surface area contributed by atoms with Gasteiger partial charge in [-0.15, -0.1) is 0 Å². The number of carbonyl (C=O) groups is 1. The third kappa shape index (κ3) is 7.18. The molecular weight excluding hydrogens is 440 g/mol. The number of nitrogens with zero attached hydrogens (tertiary/aromatic N) is 1. The van der Waals surface area contributed by atoms with Crippen molar-refractivity contribution in [1.82, 2.24) is 10.3 Å². The lowest BCUT2D eigenvalue weighted by atomic mass is 10.1. The number of carbonyl (C=O) groups excluding carboxylic acids is 1. The SMILES string of the molecule is CCCCOc1ccc(CNC(=O)CS(=O)(=O)Cc2nc(-c3ccccc3C)oc2C)cc1. The number of sulfone groups is 1. The monoisotopic (exact) mass is 470 g/mol. The van der Waals surface area contributed by atoms with Crippen LogP contribution >= 0.6 is 0 Å². The Bertz CT molecular complexity index is 1180. The third-order valence-corrected chi connectivity index (χ3v) is 6.57. The molecule has 1 N–H and O–H groups in total. The first-order valence-electron chi connectivity index (χ1n) is 11.0. The van der Waals surface area contributed by atoms with Crippen LogP contribution in [-0.2, 0) is 26.9 Å². The van der Waals surface area contributed by atoms with Crippen LogP contribution in [0, 0.1) is 13.8 Å². The molecule has 0 aliphatic heterocycles. The van der Waals surface area contributed by atoms with Crippen LogP contribution in [0.15, 0.2) is 52.9 Å². The number of unbranched alkanes of at least 4 members (excludes halogenated alkanes) is 1. The zero-order chi connectivity index (χ0) is 23.8. The van der Waals surface area contributed by atoms with E-state index in [9.17, 15) is 13.2 Å². The molecule has 0 aliphatic carbocycles. The van der Waals surface area contributed by atoms with Crippen molar-refractivity contribution in [3.63, 3.8) is 0 Å². The molecule has 0 unspecified atom stereocenters. The van der Waals surface area contributed by atoms with E-state index in [1.165, 1.54) is 0 Å². The molecule has 0 saturated heterocycles. The molecule has 3 aromatic rings. The fraction of sp³-hybridized carbons (Fsp3) is 0.360. The fourth-order valence-electron chi connectivity index (χ4n) is 3.24. The molecule has 2 aromatic carbocycles. The van der Waals surface area contributed by atoms with Crippen LogP contribution in [0.2, 0.25) is 0 Å². The minimum Gasteiger partial charge on any atom is -0.494 e. The Kier molecular flexibility index (Phi) is 8.27. The van der Waals surface area contributed by atoms with Gasteiger partial charge in [0, 0.05) is 12.1 Å². The lowest BCUT2D eigenvalue weighted by Gasteiger charge is -2.08. The van der Waals surface area contributed by atoms with E-state index in [1.807, 2.05) is 55.5 Å². The van der Waals surface area contributed by atoms with E-state index < -0.39 is 21.5 Å². The predicted octanol–water partition coefficient (Wildman–Crippen LogP) is 4.37. The maximum absolute atomic E-state index is 12.6. The predicted molar refractivity (Wildman–Crippen MR) is 128 cm³/mol. The van der Waals surface area contributed by atoms with Gasteiger partial charge >= 0.3 is 0 Å². The normalized spacial score (nSPS) is 11.4. The summed E-state index contributed by atoms with van der Waals surface area (Å²) in [7, 11) is -3.71. The number of oxazole rings is 1. The number of aryl methyl sites for hydroxylation is 2. The van der Waals surface area contributed by atoms with Crippen molar-refractivity contribution in [3.8, 4) is 17.2 Å². The van der Waals surface area contributed by atoms with Crippen molar-refractivity contribution in [1.29, 1.82) is 0 Å². The maximum Gasteiger partial charge on any atom is 0.235 e. The minimum absolute atomic E-state index is 0.240. The van der Waals surface area contributed by atoms with Gasteiger partial charge in [-0.3, -0.25) is 4.79 Å². The van der Waals surface area contributed by atoms with E-state index in [4.69, 9.17) is 9.15 Å². The number of hydrogen-bond acceptors (Lipinski definition) is 6. The van der Waals surface area contributed by atoms with Crippen LogP contribution in [0.1, 0.15) is 42.3 Å². The highest BCUT2D eigenvalue weighted by Gasteiger charge is 2.22. The Labute approximate surface area is 195 Å². The molecule has 0 atom stereocenters. The highest BCUT2D eigenvalue weighted by atomic mass is 32.2. The number of nitrogens with one attached hydrogen (secondary N) is 1. The van der Waals surface area contributed by atoms with Crippen LogP contribution in [-0.4, -0.2) is 31.7 Å². The van der Waals surface area contributed by atoms with Gasteiger partial charge in [0.15, 0.2) is 9.84 Å². The zero-order valence-corrected chi connectivity index (χ0v) is 20.1. The lowest BCUT2D eigenvalue weighted by molar-refractivity contribution is -0.118. The summed E-state index contributed by atoms with van der Waals surface area (Å²) >= 11 is 0. The highest BCUT2D eigenvalue weighted by Crippen LogP contribution is 2.25. The second-order valence-corrected chi connectivity index (χ2v) is 10.1. The molecule has 0 fully saturated rings. The van der Waals surface area contributed by atoms with E-state index >= 15 is 0 Å². The van der Waals surface area contributed by atoms with E-state index in [-0.39, 0.29) is 12.3 Å². The quantitative estimate of drug-likeness (QED) is 0.418. The van der Waals surface area contributed by atoms with Gasteiger partial charge in [-0.25, -0.2) is 13.4 Å². The Morgan fingerprint density at radius 3 is 2.52 bits per heavy atom. The van der Waals surface area contributed by atoms with Crippen LogP contribution in [0.4, 0.5) is 0 Å². The molecule has 0 spiro atoms. The van der Waals surface area contributed by atoms with Crippen molar-refractivity contribution in [2.75, 3.05) is 12.4 Å². The summed E-state index contributed by atoms with van der Waals surface area (Å²) in [6.07, 6.45) is 2.06. The summed E-state index contributed by atoms with van der Waals surface area (Å²) in [5, 5.41) is 2.66. The number of aromatic nitrogens is 1. The summed E-state index contributed by atoms with van der Waals surface area (Å²) in [6, 6.07) is 15.0. The average molecular weight is 471 g/mol. The van der Waals surface area contributed by atoms with Gasteiger partial charge in [0.2, 0.25) is 11.8 Å². The Balaban J connectivity index is 1.54. The summed E-state index contributed by atoms with van der Waals surface area (Å²) in [5.41, 5.74) is 2.97. The number of benzene rings is 2. The molecule has 0 bridgehead atoms. The van der Waals surface area contributed by atoms with E-state index in [0.29, 0.717) is 24.0 Å². The highest BCUT2D eigenvalue weighted by molar-refractivity contribution is 7.91. The van der Waals surface area contributed by atoms with Crippen LogP contribution < -0.4 is 10.1 Å². The van der Waals surface area contributed by atoms with Gasteiger partial charge in [0.25, 0.3) is 0 Å². The fourth-order valence-corrected chi connectivity index (χ4v) is 4.53. The molecule has 0 radical (unpaired) electrons. The van der Waals surface area contributed by atoms with E-state index in [1.54, 1.807) is 6.92 Å². The number of amides is 1. The molecule has 1 heterocycles. The summed E-state index contributed by atoms with van der Waals surface area (Å²) in [4.78, 5) is 16.6. The number of hydrogen-bond donors (Lipinski definition) is 1. The second kappa shape index (κ2) is 11.1. The Hall–Kier alpha value is -3.13. The van der Waals surface area contributed by atoms with Crippen molar-refractivity contribution >= 4 is 15.7 Å². The summed E-state index contributed by atoms with van der Waals surface area (Å²) in [6.45, 7) is 6.62. The van der Waals surface area contributed by atoms with E-state index in [0.717, 1.165) is 35.3 Å². The average Bonchev–Trinajstić information content (AvgIpc) is 3.12. The topological polar surface area (TPSA) is 98.5 Å². The smallest absolute Gasteiger partial charge is 0.235 e. The summed E-state index contributed by atoms with van der Waals surface area (Å²) in [5.74, 6) is 0.0522. The van der Waals surface area contributed by atoms with Crippen LogP contribution in [0.25, 0.3) is 11.5 Å². The third-order valence-electron chi connectivity index (χ3n) is 5.16. The van der Waals surface area contributed by atoms with E-state index in [2.05, 4.69) is 17.2 Å². The van der Waals surface area contributed by atoms with Gasteiger partial charge in [-0.2, -0.15) is 0 Å². The first-order chi connectivity index (χ1) is 15.8. The first-order valence-corrected chi connectivity index (χ1v) is 12.8. The van der Waals surface area contributed by atoms with Crippen molar-refractivity contribution in [2.45, 2.75) is 45.9 Å². The Morgan fingerprint density at radius 1 is 1.09 bits per heavy atom. The van der Waals surface area contributed by atoms with Crippen LogP contribution in [0.3, 0.4) is 0 Å². The minimum atomic E-state index is -3.71. The molecular formula is C25H30N2O5S. The van der Waals surface area contributed by atoms with Gasteiger partial charge in [0.05, 0.1) is 18.1 Å². The molecule has 3 rings (SSSR count). The Morgan fingerprint density at radius 2 is 1.82 bits per heavy atom. The number of ether oxygens (including phenoxy) is 1. The molecule has 33 heavy (non-hydrogen) atoms. The first kappa shape index (κ1) is 24.5. The lowest BCUT2D eigenvalue weighted by Crippen LogP contribution is -2.30.